The van der Waals surface area contributed by atoms with Crippen molar-refractivity contribution in [3.63, 3.8) is 0 Å². The lowest BCUT2D eigenvalue weighted by Crippen LogP contribution is -2.48. The van der Waals surface area contributed by atoms with E-state index in [0.29, 0.717) is 11.7 Å². The molecule has 1 aromatic heterocycles. The van der Waals surface area contributed by atoms with Crippen LogP contribution in [0.25, 0.3) is 0 Å². The maximum absolute atomic E-state index is 13.2. The maximum atomic E-state index is 13.2. The van der Waals surface area contributed by atoms with Crippen molar-refractivity contribution >= 4 is 30.7 Å². The SMILES string of the molecule is Cc1c(C(=O)N(C)C2CCCN(Cc3ccccc3)C2)nnn1C1CCNCC1.Cl.Cl. The summed E-state index contributed by atoms with van der Waals surface area (Å²) in [6, 6.07) is 11.1. The van der Waals surface area contributed by atoms with Crippen molar-refractivity contribution in [3.8, 4) is 0 Å². The summed E-state index contributed by atoms with van der Waals surface area (Å²) in [5.41, 5.74) is 2.72. The second-order valence-electron chi connectivity index (χ2n) is 8.38. The summed E-state index contributed by atoms with van der Waals surface area (Å²) in [6.45, 7) is 6.88. The highest BCUT2D eigenvalue weighted by atomic mass is 35.5. The van der Waals surface area contributed by atoms with Crippen molar-refractivity contribution in [3.05, 3.63) is 47.3 Å². The zero-order valence-electron chi connectivity index (χ0n) is 18.4. The molecule has 1 amide bonds. The fraction of sp³-hybridized carbons (Fsp3) is 0.591. The van der Waals surface area contributed by atoms with Gasteiger partial charge in [-0.15, -0.1) is 29.9 Å². The molecule has 2 saturated heterocycles. The molecule has 0 saturated carbocycles. The van der Waals surface area contributed by atoms with Gasteiger partial charge in [-0.3, -0.25) is 9.69 Å². The van der Waals surface area contributed by atoms with Gasteiger partial charge in [0.15, 0.2) is 5.69 Å². The van der Waals surface area contributed by atoms with E-state index in [2.05, 4.69) is 44.8 Å². The van der Waals surface area contributed by atoms with Crippen LogP contribution >= 0.6 is 24.8 Å². The summed E-state index contributed by atoms with van der Waals surface area (Å²) in [5, 5.41) is 12.0. The lowest BCUT2D eigenvalue weighted by molar-refractivity contribution is 0.0603. The van der Waals surface area contributed by atoms with Gasteiger partial charge in [0, 0.05) is 26.2 Å². The van der Waals surface area contributed by atoms with Gasteiger partial charge in [-0.1, -0.05) is 35.5 Å². The van der Waals surface area contributed by atoms with E-state index in [0.717, 1.165) is 64.1 Å². The Hall–Kier alpha value is -1.67. The fourth-order valence-corrected chi connectivity index (χ4v) is 4.60. The second-order valence-corrected chi connectivity index (χ2v) is 8.38. The first kappa shape index (κ1) is 25.6. The summed E-state index contributed by atoms with van der Waals surface area (Å²) in [6.07, 6.45) is 4.21. The van der Waals surface area contributed by atoms with Gasteiger partial charge < -0.3 is 10.2 Å². The van der Waals surface area contributed by atoms with Gasteiger partial charge in [0.05, 0.1) is 11.7 Å². The molecule has 0 bridgehead atoms. The molecular formula is C22H34Cl2N6O. The zero-order chi connectivity index (χ0) is 20.2. The molecule has 2 fully saturated rings. The van der Waals surface area contributed by atoms with E-state index in [4.69, 9.17) is 0 Å². The molecule has 1 atom stereocenters. The summed E-state index contributed by atoms with van der Waals surface area (Å²) >= 11 is 0. The molecule has 9 heteroatoms. The first-order chi connectivity index (χ1) is 14.1. The molecule has 2 aromatic rings. The molecule has 0 spiro atoms. The molecule has 1 N–H and O–H groups in total. The number of carbonyl (C=O) groups is 1. The Morgan fingerprint density at radius 3 is 2.58 bits per heavy atom. The Bertz CT molecular complexity index is 825. The van der Waals surface area contributed by atoms with Crippen molar-refractivity contribution in [2.75, 3.05) is 33.2 Å². The van der Waals surface area contributed by atoms with E-state index in [1.807, 2.05) is 29.6 Å². The number of hydrogen-bond acceptors (Lipinski definition) is 5. The van der Waals surface area contributed by atoms with Gasteiger partial charge in [0.25, 0.3) is 5.91 Å². The van der Waals surface area contributed by atoms with Crippen LogP contribution in [-0.2, 0) is 6.54 Å². The third-order valence-corrected chi connectivity index (χ3v) is 6.38. The van der Waals surface area contributed by atoms with Crippen molar-refractivity contribution < 1.29 is 4.79 Å². The lowest BCUT2D eigenvalue weighted by Gasteiger charge is -2.37. The topological polar surface area (TPSA) is 66.3 Å². The summed E-state index contributed by atoms with van der Waals surface area (Å²) in [4.78, 5) is 17.5. The number of benzene rings is 1. The largest absolute Gasteiger partial charge is 0.336 e. The summed E-state index contributed by atoms with van der Waals surface area (Å²) < 4.78 is 1.96. The molecule has 2 aliphatic heterocycles. The highest BCUT2D eigenvalue weighted by molar-refractivity contribution is 5.93. The number of rotatable bonds is 5. The highest BCUT2D eigenvalue weighted by Crippen LogP contribution is 2.23. The number of carbonyl (C=O) groups excluding carboxylic acids is 1. The van der Waals surface area contributed by atoms with E-state index >= 15 is 0 Å². The third-order valence-electron chi connectivity index (χ3n) is 6.38. The number of aromatic nitrogens is 3. The van der Waals surface area contributed by atoms with E-state index in [-0.39, 0.29) is 36.8 Å². The molecule has 7 nitrogen and oxygen atoms in total. The average molecular weight is 469 g/mol. The van der Waals surface area contributed by atoms with Crippen LogP contribution in [0.4, 0.5) is 0 Å². The van der Waals surface area contributed by atoms with Gasteiger partial charge in [0.2, 0.25) is 0 Å². The number of likely N-dealkylation sites (tertiary alicyclic amines) is 1. The van der Waals surface area contributed by atoms with Crippen molar-refractivity contribution in [2.45, 2.75) is 51.2 Å². The van der Waals surface area contributed by atoms with Crippen LogP contribution in [0.3, 0.4) is 0 Å². The van der Waals surface area contributed by atoms with Crippen LogP contribution in [0, 0.1) is 6.92 Å². The van der Waals surface area contributed by atoms with Crippen LogP contribution in [0.2, 0.25) is 0 Å². The van der Waals surface area contributed by atoms with Gasteiger partial charge in [-0.2, -0.15) is 0 Å². The molecule has 2 aliphatic rings. The Balaban J connectivity index is 0.00000171. The van der Waals surface area contributed by atoms with Crippen LogP contribution in [0.5, 0.6) is 0 Å². The minimum atomic E-state index is -0.00533. The number of nitrogens with one attached hydrogen (secondary N) is 1. The molecule has 1 unspecified atom stereocenters. The molecule has 0 radical (unpaired) electrons. The smallest absolute Gasteiger partial charge is 0.276 e. The number of likely N-dealkylation sites (N-methyl/N-ethyl adjacent to an activating group) is 1. The lowest BCUT2D eigenvalue weighted by atomic mass is 10.0. The van der Waals surface area contributed by atoms with Gasteiger partial charge in [0.1, 0.15) is 0 Å². The Morgan fingerprint density at radius 1 is 1.16 bits per heavy atom. The van der Waals surface area contributed by atoms with Crippen LogP contribution < -0.4 is 5.32 Å². The molecule has 1 aromatic carbocycles. The maximum Gasteiger partial charge on any atom is 0.276 e. The first-order valence-corrected chi connectivity index (χ1v) is 10.8. The van der Waals surface area contributed by atoms with Crippen LogP contribution in [0.15, 0.2) is 30.3 Å². The first-order valence-electron chi connectivity index (χ1n) is 10.8. The van der Waals surface area contributed by atoms with E-state index in [9.17, 15) is 4.79 Å². The Kier molecular flexibility index (Phi) is 9.75. The van der Waals surface area contributed by atoms with Gasteiger partial charge in [-0.05, 0) is 57.8 Å². The second kappa shape index (κ2) is 11.8. The van der Waals surface area contributed by atoms with Gasteiger partial charge in [-0.25, -0.2) is 4.68 Å². The van der Waals surface area contributed by atoms with Crippen LogP contribution in [-0.4, -0.2) is 70.0 Å². The van der Waals surface area contributed by atoms with Crippen molar-refractivity contribution in [1.82, 2.24) is 30.1 Å². The standard InChI is InChI=1S/C22H32N6O.2ClH/c1-17-21(24-25-28(17)19-10-12-23-13-11-19)22(29)26(2)20-9-6-14-27(16-20)15-18-7-4-3-5-8-18;;/h3-5,7-8,19-20,23H,6,9-16H2,1-2H3;2*1H. The molecule has 0 aliphatic carbocycles. The highest BCUT2D eigenvalue weighted by Gasteiger charge is 2.30. The number of piperidine rings is 2. The fourth-order valence-electron chi connectivity index (χ4n) is 4.60. The van der Waals surface area contributed by atoms with E-state index < -0.39 is 0 Å². The van der Waals surface area contributed by atoms with Crippen LogP contribution in [0.1, 0.15) is 53.5 Å². The van der Waals surface area contributed by atoms with Crippen molar-refractivity contribution in [2.24, 2.45) is 0 Å². The predicted octanol–water partition coefficient (Wildman–Crippen LogP) is 3.09. The molecule has 172 valence electrons. The number of hydrogen-bond donors (Lipinski definition) is 1. The Labute approximate surface area is 197 Å². The van der Waals surface area contributed by atoms with E-state index in [1.54, 1.807) is 0 Å². The quantitative estimate of drug-likeness (QED) is 0.729. The zero-order valence-corrected chi connectivity index (χ0v) is 20.0. The third kappa shape index (κ3) is 5.98. The van der Waals surface area contributed by atoms with E-state index in [1.165, 1.54) is 5.56 Å². The molecule has 31 heavy (non-hydrogen) atoms. The normalized spacial score (nSPS) is 19.9. The molecular weight excluding hydrogens is 435 g/mol. The summed E-state index contributed by atoms with van der Waals surface area (Å²) in [5.74, 6) is -0.00533. The van der Waals surface area contributed by atoms with Crippen molar-refractivity contribution in [1.29, 1.82) is 0 Å². The minimum Gasteiger partial charge on any atom is -0.336 e. The molecule has 3 heterocycles. The monoisotopic (exact) mass is 468 g/mol. The average Bonchev–Trinajstić information content (AvgIpc) is 3.15. The number of amides is 1. The molecule has 4 rings (SSSR count). The number of halogens is 2. The number of nitrogens with zero attached hydrogens (tertiary/aromatic N) is 5. The Morgan fingerprint density at radius 2 is 1.87 bits per heavy atom. The summed E-state index contributed by atoms with van der Waals surface area (Å²) in [7, 11) is 1.92. The predicted molar refractivity (Wildman–Crippen MR) is 127 cm³/mol. The van der Waals surface area contributed by atoms with Gasteiger partial charge >= 0.3 is 0 Å². The minimum absolute atomic E-state index is 0.